The molecule has 2 aromatic rings. The monoisotopic (exact) mass is 464 g/mol. The average Bonchev–Trinajstić information content (AvgIpc) is 3.24. The molecule has 2 aliphatic rings. The summed E-state index contributed by atoms with van der Waals surface area (Å²) < 4.78 is 39.6. The van der Waals surface area contributed by atoms with Crippen LogP contribution >= 0.6 is 11.3 Å². The molecule has 1 atom stereocenters. The molecular weight excluding hydrogens is 435 g/mol. The number of carbonyl (C=O) groups is 1. The number of sulfone groups is 1. The highest BCUT2D eigenvalue weighted by atomic mass is 32.2. The Bertz CT molecular complexity index is 1120. The molecule has 0 radical (unpaired) electrons. The lowest BCUT2D eigenvalue weighted by molar-refractivity contribution is -0.116. The van der Waals surface area contributed by atoms with E-state index in [9.17, 15) is 22.7 Å². The minimum absolute atomic E-state index is 0.0696. The first-order valence-electron chi connectivity index (χ1n) is 10.9. The second-order valence-electron chi connectivity index (χ2n) is 9.53. The summed E-state index contributed by atoms with van der Waals surface area (Å²) in [7, 11) is -4.12. The van der Waals surface area contributed by atoms with E-state index < -0.39 is 37.0 Å². The third-order valence-electron chi connectivity index (χ3n) is 6.52. The Balaban J connectivity index is 1.59. The molecular formula is C24H29FO4S2. The number of carbonyl (C=O) groups excluding carboxylic acids is 1. The van der Waals surface area contributed by atoms with Gasteiger partial charge in [-0.25, -0.2) is 12.8 Å². The highest BCUT2D eigenvalue weighted by Gasteiger charge is 2.33. The number of benzene rings is 1. The van der Waals surface area contributed by atoms with E-state index in [-0.39, 0.29) is 11.3 Å². The van der Waals surface area contributed by atoms with Gasteiger partial charge in [-0.3, -0.25) is 4.79 Å². The summed E-state index contributed by atoms with van der Waals surface area (Å²) in [6.45, 7) is 5.13. The summed E-state index contributed by atoms with van der Waals surface area (Å²) in [5.74, 6) is -1.05. The fraction of sp³-hybridized carbons (Fsp3) is 0.542. The second-order valence-corrected chi connectivity index (χ2v) is 12.8. The van der Waals surface area contributed by atoms with Crippen LogP contribution in [0, 0.1) is 11.7 Å². The maximum Gasteiger partial charge on any atom is 0.197 e. The quantitative estimate of drug-likeness (QED) is 0.615. The minimum Gasteiger partial charge on any atom is -0.385 e. The Hall–Kier alpha value is -1.57. The maximum atomic E-state index is 14.4. The van der Waals surface area contributed by atoms with Gasteiger partial charge in [0.15, 0.2) is 25.6 Å². The lowest BCUT2D eigenvalue weighted by Crippen LogP contribution is -2.20. The summed E-state index contributed by atoms with van der Waals surface area (Å²) in [5.41, 5.74) is 3.29. The summed E-state index contributed by atoms with van der Waals surface area (Å²) in [5, 5.41) is 10.1. The number of aliphatic hydroxyl groups is 1. The van der Waals surface area contributed by atoms with E-state index in [0.29, 0.717) is 23.2 Å². The van der Waals surface area contributed by atoms with Gasteiger partial charge in [-0.15, -0.1) is 11.3 Å². The van der Waals surface area contributed by atoms with Crippen molar-refractivity contribution in [3.63, 3.8) is 0 Å². The van der Waals surface area contributed by atoms with Gasteiger partial charge in [0.25, 0.3) is 0 Å². The highest BCUT2D eigenvalue weighted by Crippen LogP contribution is 2.45. The van der Waals surface area contributed by atoms with E-state index in [1.165, 1.54) is 43.4 Å². The normalized spacial score (nSPS) is 17.6. The molecule has 2 aliphatic carbocycles. The molecule has 0 bridgehead atoms. The topological polar surface area (TPSA) is 71.4 Å². The van der Waals surface area contributed by atoms with Crippen LogP contribution in [0.5, 0.6) is 0 Å². The van der Waals surface area contributed by atoms with Crippen LogP contribution in [0.2, 0.25) is 0 Å². The van der Waals surface area contributed by atoms with Crippen molar-refractivity contribution in [1.82, 2.24) is 0 Å². The van der Waals surface area contributed by atoms with Crippen LogP contribution in [0.25, 0.3) is 0 Å². The number of Topliss-reactive ketones (excluding diaryl/α,β-unsaturated/α-hetero) is 1. The third kappa shape index (κ3) is 4.64. The molecule has 7 heteroatoms. The van der Waals surface area contributed by atoms with Crippen LogP contribution in [-0.2, 0) is 39.5 Å². The molecule has 1 N–H and O–H groups in total. The van der Waals surface area contributed by atoms with Crippen molar-refractivity contribution in [2.45, 2.75) is 75.0 Å². The van der Waals surface area contributed by atoms with Gasteiger partial charge in [0.05, 0.1) is 5.60 Å². The van der Waals surface area contributed by atoms with Crippen LogP contribution in [0.3, 0.4) is 0 Å². The molecule has 1 heterocycles. The average molecular weight is 465 g/mol. The molecule has 4 rings (SSSR count). The Morgan fingerprint density at radius 1 is 1.29 bits per heavy atom. The Kier molecular flexibility index (Phi) is 5.90. The van der Waals surface area contributed by atoms with Gasteiger partial charge in [-0.1, -0.05) is 19.1 Å². The number of aryl methyl sites for hydroxylation is 1. The predicted octanol–water partition coefficient (Wildman–Crippen LogP) is 4.70. The zero-order valence-electron chi connectivity index (χ0n) is 18.2. The van der Waals surface area contributed by atoms with Crippen molar-refractivity contribution < 1.29 is 22.7 Å². The molecule has 0 aliphatic heterocycles. The molecule has 0 unspecified atom stereocenters. The zero-order valence-corrected chi connectivity index (χ0v) is 19.8. The first-order valence-corrected chi connectivity index (χ1v) is 13.3. The number of hydrogen-bond acceptors (Lipinski definition) is 5. The van der Waals surface area contributed by atoms with Crippen LogP contribution in [0.15, 0.2) is 22.4 Å². The van der Waals surface area contributed by atoms with Crippen LogP contribution in [0.4, 0.5) is 4.39 Å². The summed E-state index contributed by atoms with van der Waals surface area (Å²) in [6, 6.07) is 5.33. The first-order chi connectivity index (χ1) is 14.5. The van der Waals surface area contributed by atoms with Crippen molar-refractivity contribution in [3.05, 3.63) is 51.1 Å². The van der Waals surface area contributed by atoms with Gasteiger partial charge in [0.2, 0.25) is 0 Å². The standard InChI is InChI=1S/C24H29FO4S2/c1-14(15-7-8-15)18-10-9-16-5-4-6-19(16)20(18)11-17(26)13-31(28,29)23-21(25)12-22(30-23)24(2,3)27/h9-10,12,14-15,27H,4-8,11,13H2,1-3H3/t14-/m1/s1. The summed E-state index contributed by atoms with van der Waals surface area (Å²) in [6.07, 6.45) is 5.43. The third-order valence-corrected chi connectivity index (χ3v) is 10.2. The molecule has 4 nitrogen and oxygen atoms in total. The Morgan fingerprint density at radius 3 is 2.61 bits per heavy atom. The van der Waals surface area contributed by atoms with E-state index >= 15 is 0 Å². The maximum absolute atomic E-state index is 14.4. The number of fused-ring (bicyclic) bond motifs is 1. The van der Waals surface area contributed by atoms with Crippen molar-refractivity contribution in [3.8, 4) is 0 Å². The summed E-state index contributed by atoms with van der Waals surface area (Å²) in [4.78, 5) is 13.2. The fourth-order valence-electron chi connectivity index (χ4n) is 4.64. The van der Waals surface area contributed by atoms with Crippen LogP contribution in [-0.4, -0.2) is 25.1 Å². The van der Waals surface area contributed by atoms with Gasteiger partial charge in [0.1, 0.15) is 5.75 Å². The van der Waals surface area contributed by atoms with Gasteiger partial charge in [-0.2, -0.15) is 0 Å². The Morgan fingerprint density at radius 2 is 2.00 bits per heavy atom. The van der Waals surface area contributed by atoms with Crippen LogP contribution in [0.1, 0.15) is 73.1 Å². The molecule has 1 aromatic heterocycles. The van der Waals surface area contributed by atoms with E-state index in [4.69, 9.17) is 0 Å². The highest BCUT2D eigenvalue weighted by molar-refractivity contribution is 7.94. The molecule has 1 aromatic carbocycles. The van der Waals surface area contributed by atoms with E-state index in [0.717, 1.165) is 30.9 Å². The Labute approximate surface area is 187 Å². The van der Waals surface area contributed by atoms with Crippen molar-refractivity contribution in [2.75, 3.05) is 5.75 Å². The predicted molar refractivity (Wildman–Crippen MR) is 120 cm³/mol. The SMILES string of the molecule is C[C@@H](c1ccc2c(c1CC(=O)CS(=O)(=O)c1sc(C(C)(C)O)cc1F)CCC2)C1CC1. The first kappa shape index (κ1) is 22.6. The molecule has 1 saturated carbocycles. The number of hydrogen-bond donors (Lipinski definition) is 1. The number of rotatable bonds is 8. The lowest BCUT2D eigenvalue weighted by atomic mass is 9.86. The molecule has 0 amide bonds. The van der Waals surface area contributed by atoms with Crippen molar-refractivity contribution in [1.29, 1.82) is 0 Å². The lowest BCUT2D eigenvalue weighted by Gasteiger charge is -2.19. The van der Waals surface area contributed by atoms with Crippen molar-refractivity contribution in [2.24, 2.45) is 5.92 Å². The smallest absolute Gasteiger partial charge is 0.197 e. The van der Waals surface area contributed by atoms with E-state index in [1.807, 2.05) is 0 Å². The fourth-order valence-corrected chi connectivity index (χ4v) is 7.37. The number of ketones is 1. The van der Waals surface area contributed by atoms with Gasteiger partial charge < -0.3 is 5.11 Å². The molecule has 0 saturated heterocycles. The molecule has 1 fully saturated rings. The molecule has 168 valence electrons. The molecule has 31 heavy (non-hydrogen) atoms. The zero-order chi connectivity index (χ0) is 22.6. The van der Waals surface area contributed by atoms with E-state index in [1.54, 1.807) is 0 Å². The largest absolute Gasteiger partial charge is 0.385 e. The van der Waals surface area contributed by atoms with Gasteiger partial charge in [-0.05, 0) is 86.1 Å². The number of thiophene rings is 1. The van der Waals surface area contributed by atoms with Gasteiger partial charge in [0, 0.05) is 11.3 Å². The molecule has 0 spiro atoms. The van der Waals surface area contributed by atoms with Gasteiger partial charge >= 0.3 is 0 Å². The van der Waals surface area contributed by atoms with Crippen LogP contribution < -0.4 is 0 Å². The summed E-state index contributed by atoms with van der Waals surface area (Å²) >= 11 is 0.697. The second kappa shape index (κ2) is 8.09. The van der Waals surface area contributed by atoms with E-state index in [2.05, 4.69) is 19.1 Å². The number of halogens is 1. The van der Waals surface area contributed by atoms with Crippen molar-refractivity contribution >= 4 is 27.0 Å². The minimum atomic E-state index is -4.12.